The standard InChI is InChI=1S/C33H41F2N11O4/c1-21-16-44(17-22(2)49-21)27-6-8-28(9-7-27)46-19-29(31(41-46)47-10-11-48-32(34)35)40-33-37-14-26(15-38-33)24-4-5-25(13-36)30(12-24)50-23(3)18-45-20-39-42-43-45/h4-5,12,14-15,19-23,27-28,32H,6-11,16-18H2,1-3H3,(H,37,38,40)/t21-,22+,23-,27?,28?/m0/s1. The fourth-order valence-corrected chi connectivity index (χ4v) is 6.57. The number of aromatic nitrogens is 8. The number of benzene rings is 1. The Morgan fingerprint density at radius 2 is 1.78 bits per heavy atom. The van der Waals surface area contributed by atoms with Crippen molar-refractivity contribution in [2.24, 2.45) is 0 Å². The third-order valence-corrected chi connectivity index (χ3v) is 8.77. The van der Waals surface area contributed by atoms with Gasteiger partial charge in [0.15, 0.2) is 0 Å². The minimum Gasteiger partial charge on any atom is -0.487 e. The summed E-state index contributed by atoms with van der Waals surface area (Å²) in [5.74, 6) is 0.959. The summed E-state index contributed by atoms with van der Waals surface area (Å²) >= 11 is 0. The van der Waals surface area contributed by atoms with Crippen LogP contribution in [0.15, 0.2) is 43.1 Å². The molecule has 0 bridgehead atoms. The predicted octanol–water partition coefficient (Wildman–Crippen LogP) is 4.62. The molecule has 1 aromatic carbocycles. The molecule has 50 heavy (non-hydrogen) atoms. The number of nitrogens with one attached hydrogen (secondary N) is 1. The van der Waals surface area contributed by atoms with Crippen molar-refractivity contribution < 1.29 is 27.7 Å². The van der Waals surface area contributed by atoms with Crippen molar-refractivity contribution in [1.29, 1.82) is 5.26 Å². The third kappa shape index (κ3) is 9.05. The molecule has 3 atom stereocenters. The minimum atomic E-state index is -2.88. The maximum absolute atomic E-state index is 12.6. The van der Waals surface area contributed by atoms with Gasteiger partial charge in [-0.1, -0.05) is 6.07 Å². The number of rotatable bonds is 14. The highest BCUT2D eigenvalue weighted by molar-refractivity contribution is 5.67. The van der Waals surface area contributed by atoms with Gasteiger partial charge in [-0.25, -0.2) is 14.6 Å². The summed E-state index contributed by atoms with van der Waals surface area (Å²) in [6.45, 7) is 5.12. The van der Waals surface area contributed by atoms with Gasteiger partial charge in [-0.05, 0) is 74.6 Å². The largest absolute Gasteiger partial charge is 0.487 e. The van der Waals surface area contributed by atoms with Gasteiger partial charge in [0, 0.05) is 37.1 Å². The third-order valence-electron chi connectivity index (χ3n) is 8.77. The van der Waals surface area contributed by atoms with Crippen LogP contribution in [0.3, 0.4) is 0 Å². The van der Waals surface area contributed by atoms with Gasteiger partial charge in [-0.15, -0.1) is 10.2 Å². The maximum atomic E-state index is 12.6. The van der Waals surface area contributed by atoms with Crippen LogP contribution >= 0.6 is 0 Å². The van der Waals surface area contributed by atoms with E-state index in [2.05, 4.69) is 60.4 Å². The van der Waals surface area contributed by atoms with Gasteiger partial charge in [0.2, 0.25) is 5.95 Å². The number of hydrogen-bond acceptors (Lipinski definition) is 13. The van der Waals surface area contributed by atoms with Gasteiger partial charge >= 0.3 is 6.61 Å². The highest BCUT2D eigenvalue weighted by atomic mass is 19.3. The van der Waals surface area contributed by atoms with E-state index < -0.39 is 6.61 Å². The smallest absolute Gasteiger partial charge is 0.345 e. The quantitative estimate of drug-likeness (QED) is 0.182. The minimum absolute atomic E-state index is 0.104. The molecule has 1 saturated carbocycles. The second kappa shape index (κ2) is 16.3. The normalized spacial score (nSPS) is 21.9. The topological polar surface area (TPSA) is 163 Å². The van der Waals surface area contributed by atoms with Crippen molar-refractivity contribution in [2.45, 2.75) is 90.0 Å². The Kier molecular flexibility index (Phi) is 11.4. The van der Waals surface area contributed by atoms with Crippen molar-refractivity contribution in [3.05, 3.63) is 48.7 Å². The number of alkyl halides is 2. The Morgan fingerprint density at radius 3 is 2.46 bits per heavy atom. The SMILES string of the molecule is C[C@@H]1CN(C2CCC(n3cc(Nc4ncc(-c5ccc(C#N)c(O[C@@H](C)Cn6cnnn6)c5)cn4)c(OCCOC(F)F)n3)CC2)C[C@H](C)O1. The summed E-state index contributed by atoms with van der Waals surface area (Å²) in [4.78, 5) is 11.6. The summed E-state index contributed by atoms with van der Waals surface area (Å²) in [7, 11) is 0. The monoisotopic (exact) mass is 693 g/mol. The van der Waals surface area contributed by atoms with Gasteiger partial charge in [0.25, 0.3) is 5.88 Å². The Morgan fingerprint density at radius 1 is 1.04 bits per heavy atom. The number of ether oxygens (including phenoxy) is 4. The van der Waals surface area contributed by atoms with Gasteiger partial charge in [-0.2, -0.15) is 14.0 Å². The summed E-state index contributed by atoms with van der Waals surface area (Å²) in [5, 5.41) is 28.6. The average Bonchev–Trinajstić information content (AvgIpc) is 3.76. The molecule has 15 nitrogen and oxygen atoms in total. The molecule has 0 unspecified atom stereocenters. The molecule has 3 aromatic heterocycles. The molecule has 17 heteroatoms. The van der Waals surface area contributed by atoms with Crippen molar-refractivity contribution in [3.8, 4) is 28.8 Å². The van der Waals surface area contributed by atoms with Crippen LogP contribution in [0.1, 0.15) is 58.1 Å². The summed E-state index contributed by atoms with van der Waals surface area (Å²) in [5.41, 5.74) is 2.36. The molecule has 4 aromatic rings. The molecule has 266 valence electrons. The van der Waals surface area contributed by atoms with Gasteiger partial charge in [0.1, 0.15) is 36.5 Å². The van der Waals surface area contributed by atoms with Crippen LogP contribution in [0.5, 0.6) is 11.6 Å². The number of nitriles is 1. The first kappa shape index (κ1) is 35.1. The van der Waals surface area contributed by atoms with Crippen molar-refractivity contribution in [2.75, 3.05) is 31.6 Å². The fourth-order valence-electron chi connectivity index (χ4n) is 6.57. The summed E-state index contributed by atoms with van der Waals surface area (Å²) in [6, 6.07) is 8.08. The van der Waals surface area contributed by atoms with Crippen molar-refractivity contribution in [1.82, 2.24) is 44.9 Å². The number of hydrogen-bond donors (Lipinski definition) is 1. The van der Waals surface area contributed by atoms with E-state index in [9.17, 15) is 14.0 Å². The van der Waals surface area contributed by atoms with Gasteiger partial charge in [-0.3, -0.25) is 9.58 Å². The highest BCUT2D eigenvalue weighted by Crippen LogP contribution is 2.35. The molecule has 2 aliphatic rings. The zero-order valence-corrected chi connectivity index (χ0v) is 28.2. The van der Waals surface area contributed by atoms with Crippen LogP contribution in [-0.2, 0) is 16.0 Å². The van der Waals surface area contributed by atoms with Crippen LogP contribution in [0.2, 0.25) is 0 Å². The molecule has 1 aliphatic carbocycles. The fraction of sp³-hybridized carbons (Fsp3) is 0.545. The lowest BCUT2D eigenvalue weighted by Gasteiger charge is -2.42. The van der Waals surface area contributed by atoms with Crippen LogP contribution < -0.4 is 14.8 Å². The second-order valence-corrected chi connectivity index (χ2v) is 12.7. The first-order valence-electron chi connectivity index (χ1n) is 16.8. The molecule has 0 radical (unpaired) electrons. The van der Waals surface area contributed by atoms with Crippen LogP contribution in [-0.4, -0.2) is 102 Å². The lowest BCUT2D eigenvalue weighted by molar-refractivity contribution is -0.133. The van der Waals surface area contributed by atoms with E-state index in [0.29, 0.717) is 41.1 Å². The first-order valence-corrected chi connectivity index (χ1v) is 16.8. The molecule has 4 heterocycles. The van der Waals surface area contributed by atoms with Crippen LogP contribution in [0.25, 0.3) is 11.1 Å². The number of anilines is 2. The number of morpholine rings is 1. The first-order chi connectivity index (χ1) is 24.2. The number of nitrogens with zero attached hydrogens (tertiary/aromatic N) is 10. The Bertz CT molecular complexity index is 1700. The van der Waals surface area contributed by atoms with E-state index in [-0.39, 0.29) is 43.4 Å². The molecule has 0 spiro atoms. The molecule has 6 rings (SSSR count). The highest BCUT2D eigenvalue weighted by Gasteiger charge is 2.32. The van der Waals surface area contributed by atoms with Gasteiger partial charge in [0.05, 0.1) is 43.2 Å². The average molecular weight is 694 g/mol. The van der Waals surface area contributed by atoms with E-state index in [0.717, 1.165) is 44.3 Å². The lowest BCUT2D eigenvalue weighted by Crippen LogP contribution is -2.51. The van der Waals surface area contributed by atoms with Gasteiger partial charge < -0.3 is 24.3 Å². The number of tetrazole rings is 1. The van der Waals surface area contributed by atoms with Crippen molar-refractivity contribution in [3.63, 3.8) is 0 Å². The second-order valence-electron chi connectivity index (χ2n) is 12.7. The Labute approximate surface area is 288 Å². The Hall–Kier alpha value is -4.79. The molecule has 1 saturated heterocycles. The zero-order chi connectivity index (χ0) is 35.0. The van der Waals surface area contributed by atoms with Crippen molar-refractivity contribution >= 4 is 11.6 Å². The molecular weight excluding hydrogens is 652 g/mol. The zero-order valence-electron chi connectivity index (χ0n) is 28.2. The maximum Gasteiger partial charge on any atom is 0.345 e. The van der Waals surface area contributed by atoms with E-state index in [4.69, 9.17) is 19.3 Å². The molecule has 2 fully saturated rings. The van der Waals surface area contributed by atoms with E-state index in [1.807, 2.05) is 17.8 Å². The van der Waals surface area contributed by atoms with Crippen LogP contribution in [0.4, 0.5) is 20.4 Å². The molecule has 1 aliphatic heterocycles. The van der Waals surface area contributed by atoms with E-state index in [1.54, 1.807) is 35.3 Å². The van der Waals surface area contributed by atoms with Crippen LogP contribution in [0, 0.1) is 11.3 Å². The molecule has 0 amide bonds. The molecular formula is C33H41F2N11O4. The predicted molar refractivity (Wildman–Crippen MR) is 176 cm³/mol. The summed E-state index contributed by atoms with van der Waals surface area (Å²) < 4.78 is 50.7. The number of halogens is 2. The molecule has 1 N–H and O–H groups in total. The Balaban J connectivity index is 1.13. The van der Waals surface area contributed by atoms with E-state index >= 15 is 0 Å². The van der Waals surface area contributed by atoms with E-state index in [1.165, 1.54) is 6.33 Å². The lowest BCUT2D eigenvalue weighted by atomic mass is 9.89. The summed E-state index contributed by atoms with van der Waals surface area (Å²) in [6.07, 6.45) is 10.8.